The normalized spacial score (nSPS) is 18.0. The molecule has 1 saturated heterocycles. The summed E-state index contributed by atoms with van der Waals surface area (Å²) in [6.07, 6.45) is -0.474. The molecule has 1 atom stereocenters. The fraction of sp³-hybridized carbons (Fsp3) is 0.400. The lowest BCUT2D eigenvalue weighted by molar-refractivity contribution is -0.117. The zero-order valence-electron chi connectivity index (χ0n) is 24.1. The van der Waals surface area contributed by atoms with E-state index in [1.165, 1.54) is 11.8 Å². The van der Waals surface area contributed by atoms with Gasteiger partial charge in [0, 0.05) is 29.3 Å². The number of likely N-dealkylation sites (tertiary alicyclic amines) is 1. The van der Waals surface area contributed by atoms with Crippen LogP contribution in [0.3, 0.4) is 0 Å². The number of rotatable bonds is 5. The number of ether oxygens (including phenoxy) is 2. The number of thioether (sulfide) groups is 1. The Hall–Kier alpha value is -4.57. The van der Waals surface area contributed by atoms with E-state index in [1.807, 2.05) is 36.4 Å². The van der Waals surface area contributed by atoms with Crippen LogP contribution in [0.25, 0.3) is 11.5 Å². The Bertz CT molecular complexity index is 1540. The molecule has 3 aromatic rings. The number of hydrogen-bond donors (Lipinski definition) is 2. The van der Waals surface area contributed by atoms with Crippen molar-refractivity contribution in [3.8, 4) is 17.5 Å². The van der Waals surface area contributed by atoms with E-state index in [-0.39, 0.29) is 24.3 Å². The zero-order valence-corrected chi connectivity index (χ0v) is 24.9. The van der Waals surface area contributed by atoms with Crippen LogP contribution in [0.5, 0.6) is 0 Å². The predicted molar refractivity (Wildman–Crippen MR) is 157 cm³/mol. The second-order valence-corrected chi connectivity index (χ2v) is 12.4. The first-order chi connectivity index (χ1) is 20.5. The molecule has 2 aliphatic rings. The van der Waals surface area contributed by atoms with Crippen LogP contribution in [0.2, 0.25) is 0 Å². The van der Waals surface area contributed by atoms with E-state index in [2.05, 4.69) is 26.9 Å². The number of benzene rings is 2. The minimum atomic E-state index is -1.04. The highest BCUT2D eigenvalue weighted by Gasteiger charge is 2.43. The zero-order chi connectivity index (χ0) is 30.6. The predicted octanol–water partition coefficient (Wildman–Crippen LogP) is 4.87. The van der Waals surface area contributed by atoms with Crippen LogP contribution >= 0.6 is 11.8 Å². The van der Waals surface area contributed by atoms with Crippen LogP contribution in [0.4, 0.5) is 15.3 Å². The monoisotopic (exact) mass is 604 g/mol. The van der Waals surface area contributed by atoms with Crippen LogP contribution < -0.4 is 10.6 Å². The first-order valence-corrected chi connectivity index (χ1v) is 14.8. The Balaban J connectivity index is 1.22. The summed E-state index contributed by atoms with van der Waals surface area (Å²) in [5.41, 5.74) is 0.267. The fourth-order valence-electron chi connectivity index (χ4n) is 4.70. The molecular formula is C30H32N6O6S. The topological polar surface area (TPSA) is 160 Å². The van der Waals surface area contributed by atoms with Crippen molar-refractivity contribution in [2.75, 3.05) is 24.2 Å². The van der Waals surface area contributed by atoms with Crippen LogP contribution in [0.15, 0.2) is 57.8 Å². The van der Waals surface area contributed by atoms with E-state index < -0.39 is 29.2 Å². The summed E-state index contributed by atoms with van der Waals surface area (Å²) in [4.78, 5) is 40.1. The Kier molecular flexibility index (Phi) is 8.59. The Morgan fingerprint density at radius 3 is 2.63 bits per heavy atom. The number of carbonyl (C=O) groups is 3. The van der Waals surface area contributed by atoms with E-state index in [1.54, 1.807) is 37.8 Å². The number of amides is 3. The van der Waals surface area contributed by atoms with Crippen molar-refractivity contribution < 1.29 is 28.3 Å². The molecule has 13 heteroatoms. The number of fused-ring (bicyclic) bond motifs is 1. The average molecular weight is 605 g/mol. The molecule has 5 rings (SSSR count). The van der Waals surface area contributed by atoms with Crippen LogP contribution in [-0.2, 0) is 26.3 Å². The van der Waals surface area contributed by atoms with Crippen molar-refractivity contribution in [3.63, 3.8) is 0 Å². The highest BCUT2D eigenvalue weighted by molar-refractivity contribution is 7.99. The lowest BCUT2D eigenvalue weighted by atomic mass is 9.80. The van der Waals surface area contributed by atoms with Gasteiger partial charge in [-0.2, -0.15) is 5.26 Å². The Labute approximate surface area is 253 Å². The maximum atomic E-state index is 12.9. The molecule has 2 aliphatic heterocycles. The molecule has 0 spiro atoms. The third kappa shape index (κ3) is 7.09. The summed E-state index contributed by atoms with van der Waals surface area (Å²) < 4.78 is 16.7. The lowest BCUT2D eigenvalue weighted by Gasteiger charge is -2.34. The van der Waals surface area contributed by atoms with Crippen LogP contribution in [-0.4, -0.2) is 63.7 Å². The number of aromatic nitrogens is 2. The molecule has 0 unspecified atom stereocenters. The van der Waals surface area contributed by atoms with Gasteiger partial charge in [0.15, 0.2) is 0 Å². The standard InChI is InChI=1S/C30H32N6O6S/c1-29(2,3)42-27(38)33-22-17-43-23-10-9-20(15-21(23)32-24(22)37)25-34-35-26(41-25)30(18-31)11-13-36(14-12-30)28(39)40-16-19-7-5-4-6-8-19/h4-10,15,22H,11-14,16-17H2,1-3H3,(H,32,37)(H,33,38)/t22-/m0/s1. The number of anilines is 1. The lowest BCUT2D eigenvalue weighted by Crippen LogP contribution is -2.46. The van der Waals surface area contributed by atoms with Gasteiger partial charge < -0.3 is 29.4 Å². The van der Waals surface area contributed by atoms with Crippen molar-refractivity contribution in [1.29, 1.82) is 5.26 Å². The van der Waals surface area contributed by atoms with Crippen molar-refractivity contribution in [2.45, 2.75) is 62.2 Å². The van der Waals surface area contributed by atoms with Crippen LogP contribution in [0, 0.1) is 11.3 Å². The number of piperidine rings is 1. The SMILES string of the molecule is CC(C)(C)OC(=O)N[C@H]1CSc2ccc(-c3nnc(C4(C#N)CCN(C(=O)OCc5ccccc5)CC4)o3)cc2NC1=O. The highest BCUT2D eigenvalue weighted by Crippen LogP contribution is 2.38. The molecule has 0 radical (unpaired) electrons. The molecule has 2 N–H and O–H groups in total. The van der Waals surface area contributed by atoms with E-state index in [4.69, 9.17) is 13.9 Å². The maximum absolute atomic E-state index is 12.9. The first-order valence-electron chi connectivity index (χ1n) is 13.8. The summed E-state index contributed by atoms with van der Waals surface area (Å²) in [7, 11) is 0. The van der Waals surface area contributed by atoms with E-state index in [0.29, 0.717) is 42.9 Å². The van der Waals surface area contributed by atoms with Gasteiger partial charge in [0.25, 0.3) is 0 Å². The molecule has 43 heavy (non-hydrogen) atoms. The summed E-state index contributed by atoms with van der Waals surface area (Å²) in [5.74, 6) is 0.322. The fourth-order valence-corrected chi connectivity index (χ4v) is 5.71. The van der Waals surface area contributed by atoms with E-state index in [0.717, 1.165) is 10.5 Å². The largest absolute Gasteiger partial charge is 0.445 e. The van der Waals surface area contributed by atoms with Gasteiger partial charge in [0.05, 0.1) is 11.8 Å². The number of nitriles is 1. The van der Waals surface area contributed by atoms with Crippen LogP contribution in [0.1, 0.15) is 45.1 Å². The number of carbonyl (C=O) groups excluding carboxylic acids is 3. The van der Waals surface area contributed by atoms with Gasteiger partial charge in [-0.1, -0.05) is 30.3 Å². The molecule has 3 heterocycles. The molecule has 0 saturated carbocycles. The summed E-state index contributed by atoms with van der Waals surface area (Å²) in [6, 6.07) is 16.3. The van der Waals surface area contributed by atoms with E-state index >= 15 is 0 Å². The summed E-state index contributed by atoms with van der Waals surface area (Å²) in [6.45, 7) is 6.04. The minimum absolute atomic E-state index is 0.174. The molecule has 3 amide bonds. The molecule has 0 aliphatic carbocycles. The molecule has 1 fully saturated rings. The summed E-state index contributed by atoms with van der Waals surface area (Å²) in [5, 5.41) is 24.0. The van der Waals surface area contributed by atoms with Crippen molar-refractivity contribution >= 4 is 35.5 Å². The van der Waals surface area contributed by atoms with Gasteiger partial charge in [-0.05, 0) is 57.4 Å². The quantitative estimate of drug-likeness (QED) is 0.411. The van der Waals surface area contributed by atoms with Crippen molar-refractivity contribution in [3.05, 3.63) is 60.0 Å². The number of alkyl carbamates (subject to hydrolysis) is 1. The molecule has 1 aromatic heterocycles. The third-order valence-electron chi connectivity index (χ3n) is 7.03. The molecule has 12 nitrogen and oxygen atoms in total. The average Bonchev–Trinajstić information content (AvgIpc) is 3.43. The van der Waals surface area contributed by atoms with Crippen molar-refractivity contribution in [2.24, 2.45) is 0 Å². The second kappa shape index (κ2) is 12.3. The molecule has 2 aromatic carbocycles. The number of nitrogens with one attached hydrogen (secondary N) is 2. The van der Waals surface area contributed by atoms with Gasteiger partial charge in [0.1, 0.15) is 23.7 Å². The van der Waals surface area contributed by atoms with Crippen molar-refractivity contribution in [1.82, 2.24) is 20.4 Å². The molecular weight excluding hydrogens is 572 g/mol. The number of nitrogens with zero attached hydrogens (tertiary/aromatic N) is 4. The van der Waals surface area contributed by atoms with Gasteiger partial charge in [0.2, 0.25) is 17.7 Å². The summed E-state index contributed by atoms with van der Waals surface area (Å²) >= 11 is 1.41. The molecule has 0 bridgehead atoms. The Morgan fingerprint density at radius 2 is 1.93 bits per heavy atom. The number of hydrogen-bond acceptors (Lipinski definition) is 10. The maximum Gasteiger partial charge on any atom is 0.410 e. The third-order valence-corrected chi connectivity index (χ3v) is 8.19. The minimum Gasteiger partial charge on any atom is -0.445 e. The van der Waals surface area contributed by atoms with Gasteiger partial charge in [-0.25, -0.2) is 9.59 Å². The van der Waals surface area contributed by atoms with Gasteiger partial charge >= 0.3 is 12.2 Å². The Morgan fingerprint density at radius 1 is 1.19 bits per heavy atom. The van der Waals surface area contributed by atoms with E-state index in [9.17, 15) is 19.6 Å². The first kappa shape index (κ1) is 29.9. The second-order valence-electron chi connectivity index (χ2n) is 11.3. The van der Waals surface area contributed by atoms with Gasteiger partial charge in [-0.3, -0.25) is 4.79 Å². The van der Waals surface area contributed by atoms with Gasteiger partial charge in [-0.15, -0.1) is 22.0 Å². The smallest absolute Gasteiger partial charge is 0.410 e. The highest BCUT2D eigenvalue weighted by atomic mass is 32.2. The molecule has 224 valence electrons.